The third-order valence-electron chi connectivity index (χ3n) is 3.08. The first-order valence-corrected chi connectivity index (χ1v) is 7.26. The van der Waals surface area contributed by atoms with E-state index in [1.165, 1.54) is 0 Å². The molecule has 1 aromatic carbocycles. The van der Waals surface area contributed by atoms with E-state index in [-0.39, 0.29) is 17.8 Å². The fourth-order valence-electron chi connectivity index (χ4n) is 2.00. The van der Waals surface area contributed by atoms with Crippen LogP contribution in [0.25, 0.3) is 0 Å². The topological polar surface area (TPSA) is 63.6 Å². The molecule has 0 spiro atoms. The SMILES string of the molecule is O=S(=O)(O)CC1CCC1OCc1ccccc1. The zero-order valence-corrected chi connectivity index (χ0v) is 10.3. The molecule has 5 heteroatoms. The molecule has 1 fully saturated rings. The van der Waals surface area contributed by atoms with E-state index in [9.17, 15) is 8.42 Å². The number of ether oxygens (including phenoxy) is 1. The standard InChI is InChI=1S/C12H16O4S/c13-17(14,15)9-11-6-7-12(11)16-8-10-4-2-1-3-5-10/h1-5,11-12H,6-9H2,(H,13,14,15). The summed E-state index contributed by atoms with van der Waals surface area (Å²) in [5.41, 5.74) is 1.07. The Kier molecular flexibility index (Phi) is 3.81. The first-order valence-electron chi connectivity index (χ1n) is 5.65. The molecule has 1 saturated carbocycles. The van der Waals surface area contributed by atoms with E-state index in [1.807, 2.05) is 30.3 Å². The highest BCUT2D eigenvalue weighted by Crippen LogP contribution is 2.32. The fraction of sp³-hybridized carbons (Fsp3) is 0.500. The molecule has 0 saturated heterocycles. The number of hydrogen-bond donors (Lipinski definition) is 1. The van der Waals surface area contributed by atoms with Crippen LogP contribution >= 0.6 is 0 Å². The van der Waals surface area contributed by atoms with Gasteiger partial charge in [0.1, 0.15) is 0 Å². The molecule has 0 amide bonds. The van der Waals surface area contributed by atoms with E-state index in [4.69, 9.17) is 9.29 Å². The summed E-state index contributed by atoms with van der Waals surface area (Å²) in [6.45, 7) is 0.494. The lowest BCUT2D eigenvalue weighted by molar-refractivity contribution is -0.0480. The largest absolute Gasteiger partial charge is 0.373 e. The molecule has 2 unspecified atom stereocenters. The summed E-state index contributed by atoms with van der Waals surface area (Å²) in [4.78, 5) is 0. The van der Waals surface area contributed by atoms with Crippen LogP contribution in [-0.2, 0) is 21.5 Å². The van der Waals surface area contributed by atoms with Gasteiger partial charge >= 0.3 is 0 Å². The van der Waals surface area contributed by atoms with Gasteiger partial charge in [0.2, 0.25) is 0 Å². The highest BCUT2D eigenvalue weighted by molar-refractivity contribution is 7.85. The molecular formula is C12H16O4S. The van der Waals surface area contributed by atoms with Gasteiger partial charge in [-0.3, -0.25) is 4.55 Å². The lowest BCUT2D eigenvalue weighted by Gasteiger charge is -2.35. The smallest absolute Gasteiger partial charge is 0.265 e. The normalized spacial score (nSPS) is 24.3. The van der Waals surface area contributed by atoms with Crippen molar-refractivity contribution >= 4 is 10.1 Å². The Morgan fingerprint density at radius 1 is 1.24 bits per heavy atom. The van der Waals surface area contributed by atoms with Crippen LogP contribution in [-0.4, -0.2) is 24.8 Å². The Morgan fingerprint density at radius 3 is 2.47 bits per heavy atom. The molecule has 2 rings (SSSR count). The van der Waals surface area contributed by atoms with Gasteiger partial charge in [-0.05, 0) is 18.4 Å². The maximum Gasteiger partial charge on any atom is 0.265 e. The van der Waals surface area contributed by atoms with Crippen LogP contribution in [0.3, 0.4) is 0 Å². The minimum atomic E-state index is -3.88. The predicted molar refractivity (Wildman–Crippen MR) is 64.2 cm³/mol. The third kappa shape index (κ3) is 3.80. The Hall–Kier alpha value is -0.910. The number of rotatable bonds is 5. The lowest BCUT2D eigenvalue weighted by Crippen LogP contribution is -2.38. The zero-order valence-electron chi connectivity index (χ0n) is 9.45. The average molecular weight is 256 g/mol. The first-order chi connectivity index (χ1) is 8.04. The molecule has 94 valence electrons. The monoisotopic (exact) mass is 256 g/mol. The number of benzene rings is 1. The first kappa shape index (κ1) is 12.5. The lowest BCUT2D eigenvalue weighted by atomic mass is 9.83. The molecule has 1 aromatic rings. The molecule has 1 N–H and O–H groups in total. The molecule has 0 aromatic heterocycles. The summed E-state index contributed by atoms with van der Waals surface area (Å²) in [6.07, 6.45) is 1.63. The van der Waals surface area contributed by atoms with E-state index < -0.39 is 10.1 Å². The van der Waals surface area contributed by atoms with Crippen LogP contribution in [0, 0.1) is 5.92 Å². The van der Waals surface area contributed by atoms with Crippen molar-refractivity contribution in [1.82, 2.24) is 0 Å². The summed E-state index contributed by atoms with van der Waals surface area (Å²) in [5.74, 6) is -0.249. The van der Waals surface area contributed by atoms with Crippen LogP contribution in [0.4, 0.5) is 0 Å². The van der Waals surface area contributed by atoms with Gasteiger partial charge in [0.15, 0.2) is 0 Å². The second-order valence-electron chi connectivity index (χ2n) is 4.42. The molecule has 0 bridgehead atoms. The number of hydrogen-bond acceptors (Lipinski definition) is 3. The summed E-state index contributed by atoms with van der Waals surface area (Å²) in [6, 6.07) is 9.76. The van der Waals surface area contributed by atoms with Gasteiger partial charge in [-0.15, -0.1) is 0 Å². The van der Waals surface area contributed by atoms with Gasteiger partial charge in [0.05, 0.1) is 18.5 Å². The maximum atomic E-state index is 10.8. The van der Waals surface area contributed by atoms with E-state index in [0.29, 0.717) is 6.61 Å². The van der Waals surface area contributed by atoms with Gasteiger partial charge < -0.3 is 4.74 Å². The van der Waals surface area contributed by atoms with Gasteiger partial charge in [-0.2, -0.15) is 8.42 Å². The molecule has 1 aliphatic rings. The summed E-state index contributed by atoms with van der Waals surface area (Å²) >= 11 is 0. The molecule has 0 aliphatic heterocycles. The average Bonchev–Trinajstić information content (AvgIpc) is 2.25. The van der Waals surface area contributed by atoms with E-state index in [2.05, 4.69) is 0 Å². The Labute approximate surface area is 101 Å². The van der Waals surface area contributed by atoms with Crippen LogP contribution < -0.4 is 0 Å². The highest BCUT2D eigenvalue weighted by atomic mass is 32.2. The Morgan fingerprint density at radius 2 is 1.94 bits per heavy atom. The minimum Gasteiger partial charge on any atom is -0.373 e. The molecular weight excluding hydrogens is 240 g/mol. The fourth-order valence-corrected chi connectivity index (χ4v) is 2.92. The van der Waals surface area contributed by atoms with Crippen LogP contribution in [0.5, 0.6) is 0 Å². The van der Waals surface area contributed by atoms with Crippen molar-refractivity contribution in [3.63, 3.8) is 0 Å². The quantitative estimate of drug-likeness (QED) is 0.817. The molecule has 4 nitrogen and oxygen atoms in total. The van der Waals surface area contributed by atoms with Crippen molar-refractivity contribution in [2.75, 3.05) is 5.75 Å². The van der Waals surface area contributed by atoms with Crippen molar-refractivity contribution < 1.29 is 17.7 Å². The molecule has 1 aliphatic carbocycles. The third-order valence-corrected chi connectivity index (χ3v) is 3.93. The second-order valence-corrected chi connectivity index (χ2v) is 5.92. The van der Waals surface area contributed by atoms with Crippen LogP contribution in [0.15, 0.2) is 30.3 Å². The summed E-state index contributed by atoms with van der Waals surface area (Å²) < 4.78 is 35.9. The Bertz CT molecular complexity index is 455. The van der Waals surface area contributed by atoms with Crippen molar-refractivity contribution in [2.45, 2.75) is 25.6 Å². The zero-order chi connectivity index (χ0) is 12.3. The molecule has 17 heavy (non-hydrogen) atoms. The van der Waals surface area contributed by atoms with Gasteiger partial charge in [0.25, 0.3) is 10.1 Å². The van der Waals surface area contributed by atoms with Crippen LogP contribution in [0.2, 0.25) is 0 Å². The van der Waals surface area contributed by atoms with Crippen molar-refractivity contribution in [2.24, 2.45) is 5.92 Å². The highest BCUT2D eigenvalue weighted by Gasteiger charge is 2.34. The van der Waals surface area contributed by atoms with Gasteiger partial charge in [0, 0.05) is 5.92 Å². The van der Waals surface area contributed by atoms with Crippen LogP contribution in [0.1, 0.15) is 18.4 Å². The van der Waals surface area contributed by atoms with Gasteiger partial charge in [-0.1, -0.05) is 30.3 Å². The molecule has 0 heterocycles. The van der Waals surface area contributed by atoms with Crippen molar-refractivity contribution in [3.05, 3.63) is 35.9 Å². The molecule has 0 radical (unpaired) electrons. The Balaban J connectivity index is 1.81. The summed E-state index contributed by atoms with van der Waals surface area (Å²) in [5, 5.41) is 0. The maximum absolute atomic E-state index is 10.8. The van der Waals surface area contributed by atoms with Crippen molar-refractivity contribution in [3.8, 4) is 0 Å². The van der Waals surface area contributed by atoms with E-state index in [0.717, 1.165) is 18.4 Å². The predicted octanol–water partition coefficient (Wildman–Crippen LogP) is 1.87. The van der Waals surface area contributed by atoms with E-state index in [1.54, 1.807) is 0 Å². The van der Waals surface area contributed by atoms with Gasteiger partial charge in [-0.25, -0.2) is 0 Å². The summed E-state index contributed by atoms with van der Waals surface area (Å²) in [7, 11) is -3.88. The minimum absolute atomic E-state index is 0.0443. The molecule has 2 atom stereocenters. The van der Waals surface area contributed by atoms with Crippen molar-refractivity contribution in [1.29, 1.82) is 0 Å². The second kappa shape index (κ2) is 5.16. The van der Waals surface area contributed by atoms with E-state index >= 15 is 0 Å².